The molecule has 0 spiro atoms. The third-order valence-electron chi connectivity index (χ3n) is 8.55. The Labute approximate surface area is 235 Å². The largest absolute Gasteiger partial charge is 0.495 e. The number of nitrogens with two attached hydrogens (primary N) is 1. The molecule has 4 aromatic rings. The first-order chi connectivity index (χ1) is 19.5. The summed E-state index contributed by atoms with van der Waals surface area (Å²) in [6, 6.07) is 16.0. The van der Waals surface area contributed by atoms with Gasteiger partial charge in [0.2, 0.25) is 0 Å². The number of hydrogen-bond donors (Lipinski definition) is 2. The summed E-state index contributed by atoms with van der Waals surface area (Å²) in [6.07, 6.45) is 8.32. The minimum Gasteiger partial charge on any atom is -0.495 e. The van der Waals surface area contributed by atoms with Gasteiger partial charge in [0.1, 0.15) is 23.5 Å². The van der Waals surface area contributed by atoms with E-state index in [0.29, 0.717) is 34.9 Å². The smallest absolute Gasteiger partial charge is 0.255 e. The van der Waals surface area contributed by atoms with E-state index in [0.717, 1.165) is 61.2 Å². The summed E-state index contributed by atoms with van der Waals surface area (Å²) < 4.78 is 8.00. The predicted molar refractivity (Wildman–Crippen MR) is 159 cm³/mol. The fraction of sp³-hybridized carbons (Fsp3) is 0.387. The number of anilines is 2. The number of nitrogens with one attached hydrogen (secondary N) is 1. The molecule has 1 amide bonds. The fourth-order valence-electron chi connectivity index (χ4n) is 6.24. The highest BCUT2D eigenvalue weighted by Crippen LogP contribution is 2.40. The first-order valence-electron chi connectivity index (χ1n) is 14.1. The molecule has 2 fully saturated rings. The van der Waals surface area contributed by atoms with Crippen LogP contribution in [0.5, 0.6) is 5.75 Å². The molecule has 0 radical (unpaired) electrons. The fourth-order valence-corrected chi connectivity index (χ4v) is 6.24. The summed E-state index contributed by atoms with van der Waals surface area (Å²) in [4.78, 5) is 26.9. The maximum atomic E-state index is 12.8. The highest BCUT2D eigenvalue weighted by atomic mass is 16.5. The number of fused-ring (bicyclic) bond motifs is 1. The van der Waals surface area contributed by atoms with Gasteiger partial charge in [0, 0.05) is 55.6 Å². The molecule has 2 aromatic carbocycles. The van der Waals surface area contributed by atoms with Crippen molar-refractivity contribution in [3.63, 3.8) is 0 Å². The molecule has 40 heavy (non-hydrogen) atoms. The van der Waals surface area contributed by atoms with Crippen LogP contribution in [0.2, 0.25) is 0 Å². The molecule has 1 saturated heterocycles. The number of methoxy groups -OCH3 is 1. The number of hydrogen-bond acceptors (Lipinski definition) is 7. The van der Waals surface area contributed by atoms with Gasteiger partial charge in [0.05, 0.1) is 18.2 Å². The number of likely N-dealkylation sites (N-methyl/N-ethyl adjacent to an activating group) is 1. The van der Waals surface area contributed by atoms with Crippen molar-refractivity contribution in [1.29, 1.82) is 0 Å². The molecule has 1 aliphatic carbocycles. The van der Waals surface area contributed by atoms with Gasteiger partial charge in [0.25, 0.3) is 5.91 Å². The molecular formula is C31H37N7O2. The van der Waals surface area contributed by atoms with E-state index in [2.05, 4.69) is 42.9 Å². The standard InChI is InChI=1S/C31H37N7O2/c1-36-14-16-37(17-15-36)23-9-11-24(12-10-23)38-19-25(28-29(32)33-20-34-30(28)38)22-8-13-26(27(18-22)40-2)35-31(39)21-6-4-3-5-7-21/h3-8,13,18-20,23-24H,9-12,14-17H2,1-2H3,(H,35,39)(H2,32,33,34). The number of ether oxygens (including phenoxy) is 1. The SMILES string of the molecule is COc1cc(-c2cn(C3CCC(N4CCN(C)CC4)CC3)c3ncnc(N)c23)ccc1NC(=O)c1ccccc1. The lowest BCUT2D eigenvalue weighted by Gasteiger charge is -2.41. The summed E-state index contributed by atoms with van der Waals surface area (Å²) in [5.41, 5.74) is 10.4. The van der Waals surface area contributed by atoms with Crippen LogP contribution in [0.3, 0.4) is 0 Å². The second kappa shape index (κ2) is 11.3. The zero-order valence-corrected chi connectivity index (χ0v) is 23.2. The van der Waals surface area contributed by atoms with Crippen molar-refractivity contribution in [2.45, 2.75) is 37.8 Å². The molecule has 1 aliphatic heterocycles. The van der Waals surface area contributed by atoms with Crippen molar-refractivity contribution in [2.24, 2.45) is 0 Å². The quantitative estimate of drug-likeness (QED) is 0.367. The van der Waals surface area contributed by atoms with E-state index >= 15 is 0 Å². The zero-order chi connectivity index (χ0) is 27.6. The van der Waals surface area contributed by atoms with Gasteiger partial charge >= 0.3 is 0 Å². The van der Waals surface area contributed by atoms with Crippen LogP contribution >= 0.6 is 0 Å². The number of benzene rings is 2. The van der Waals surface area contributed by atoms with Gasteiger partial charge in [0.15, 0.2) is 0 Å². The molecule has 0 unspecified atom stereocenters. The molecule has 2 aromatic heterocycles. The van der Waals surface area contributed by atoms with Gasteiger partial charge < -0.3 is 25.3 Å². The number of carbonyl (C=O) groups is 1. The topological polar surface area (TPSA) is 102 Å². The maximum Gasteiger partial charge on any atom is 0.255 e. The summed E-state index contributed by atoms with van der Waals surface area (Å²) in [7, 11) is 3.82. The van der Waals surface area contributed by atoms with E-state index in [1.54, 1.807) is 25.6 Å². The Balaban J connectivity index is 1.27. The van der Waals surface area contributed by atoms with E-state index in [-0.39, 0.29) is 5.91 Å². The van der Waals surface area contributed by atoms with Crippen LogP contribution in [-0.4, -0.2) is 76.6 Å². The Morgan fingerprint density at radius 2 is 1.70 bits per heavy atom. The summed E-state index contributed by atoms with van der Waals surface area (Å²) in [6.45, 7) is 4.63. The average Bonchev–Trinajstić information content (AvgIpc) is 3.39. The Morgan fingerprint density at radius 1 is 0.975 bits per heavy atom. The molecule has 2 aliphatic rings. The second-order valence-corrected chi connectivity index (χ2v) is 10.9. The Bertz CT molecular complexity index is 1490. The summed E-state index contributed by atoms with van der Waals surface area (Å²) in [5.74, 6) is 0.851. The lowest BCUT2D eigenvalue weighted by atomic mass is 9.89. The Hall–Kier alpha value is -3.95. The van der Waals surface area contributed by atoms with Gasteiger partial charge in [-0.2, -0.15) is 0 Å². The van der Waals surface area contributed by atoms with Crippen LogP contribution in [0.15, 0.2) is 61.1 Å². The van der Waals surface area contributed by atoms with E-state index < -0.39 is 0 Å². The Morgan fingerprint density at radius 3 is 2.42 bits per heavy atom. The van der Waals surface area contributed by atoms with Crippen molar-refractivity contribution in [3.05, 3.63) is 66.6 Å². The Kier molecular flexibility index (Phi) is 7.40. The molecule has 0 bridgehead atoms. The van der Waals surface area contributed by atoms with Crippen LogP contribution in [0, 0.1) is 0 Å². The van der Waals surface area contributed by atoms with Gasteiger partial charge in [-0.25, -0.2) is 9.97 Å². The van der Waals surface area contributed by atoms with Crippen molar-refractivity contribution < 1.29 is 9.53 Å². The first kappa shape index (κ1) is 26.3. The van der Waals surface area contributed by atoms with Crippen LogP contribution < -0.4 is 15.8 Å². The van der Waals surface area contributed by atoms with Crippen molar-refractivity contribution in [2.75, 3.05) is 51.4 Å². The average molecular weight is 540 g/mol. The molecule has 208 valence electrons. The van der Waals surface area contributed by atoms with Gasteiger partial charge in [-0.05, 0) is 62.6 Å². The van der Waals surface area contributed by atoms with Gasteiger partial charge in [-0.15, -0.1) is 0 Å². The van der Waals surface area contributed by atoms with Crippen LogP contribution in [0.25, 0.3) is 22.2 Å². The lowest BCUT2D eigenvalue weighted by molar-refractivity contribution is 0.0828. The number of amides is 1. The van der Waals surface area contributed by atoms with E-state index in [1.807, 2.05) is 36.4 Å². The predicted octanol–water partition coefficient (Wildman–Crippen LogP) is 4.67. The minimum atomic E-state index is -0.187. The number of nitrogen functional groups attached to an aromatic ring is 1. The third-order valence-corrected chi connectivity index (χ3v) is 8.55. The number of piperazine rings is 1. The van der Waals surface area contributed by atoms with E-state index in [1.165, 1.54) is 12.8 Å². The van der Waals surface area contributed by atoms with Gasteiger partial charge in [-0.3, -0.25) is 9.69 Å². The van der Waals surface area contributed by atoms with Crippen LogP contribution in [0.1, 0.15) is 42.1 Å². The molecule has 6 rings (SSSR count). The lowest BCUT2D eigenvalue weighted by Crippen LogP contribution is -2.49. The summed E-state index contributed by atoms with van der Waals surface area (Å²) in [5, 5.41) is 3.82. The minimum absolute atomic E-state index is 0.187. The van der Waals surface area contributed by atoms with Crippen molar-refractivity contribution in [1.82, 2.24) is 24.3 Å². The maximum absolute atomic E-state index is 12.8. The molecule has 9 heteroatoms. The molecule has 1 saturated carbocycles. The van der Waals surface area contributed by atoms with E-state index in [9.17, 15) is 4.79 Å². The number of aromatic nitrogens is 3. The molecule has 3 N–H and O–H groups in total. The molecule has 3 heterocycles. The number of nitrogens with zero attached hydrogens (tertiary/aromatic N) is 5. The van der Waals surface area contributed by atoms with Crippen LogP contribution in [-0.2, 0) is 0 Å². The molecule has 0 atom stereocenters. The van der Waals surface area contributed by atoms with Crippen molar-refractivity contribution >= 4 is 28.4 Å². The second-order valence-electron chi connectivity index (χ2n) is 10.9. The zero-order valence-electron chi connectivity index (χ0n) is 23.2. The third kappa shape index (κ3) is 5.14. The summed E-state index contributed by atoms with van der Waals surface area (Å²) >= 11 is 0. The molecule has 9 nitrogen and oxygen atoms in total. The molecular weight excluding hydrogens is 502 g/mol. The monoisotopic (exact) mass is 539 g/mol. The normalized spacial score (nSPS) is 20.4. The highest BCUT2D eigenvalue weighted by Gasteiger charge is 2.30. The van der Waals surface area contributed by atoms with E-state index in [4.69, 9.17) is 10.5 Å². The van der Waals surface area contributed by atoms with Gasteiger partial charge in [-0.1, -0.05) is 24.3 Å². The number of carbonyl (C=O) groups excluding carboxylic acids is 1. The highest BCUT2D eigenvalue weighted by molar-refractivity contribution is 6.06. The first-order valence-corrected chi connectivity index (χ1v) is 14.1. The van der Waals surface area contributed by atoms with Crippen molar-refractivity contribution in [3.8, 4) is 16.9 Å². The van der Waals surface area contributed by atoms with Crippen LogP contribution in [0.4, 0.5) is 11.5 Å². The number of rotatable bonds is 6.